The minimum atomic E-state index is -4.99. The molecule has 18 nitrogen and oxygen atoms in total. The topological polar surface area (TPSA) is 301 Å². The van der Waals surface area contributed by atoms with E-state index in [2.05, 4.69) is 20.5 Å². The van der Waals surface area contributed by atoms with Crippen molar-refractivity contribution >= 4 is 180 Å². The maximum atomic E-state index is 13.4. The van der Waals surface area contributed by atoms with E-state index in [0.717, 1.165) is 34.9 Å². The fraction of sp³-hybridized carbons (Fsp3) is 0.111. The monoisotopic (exact) mass is 812 g/mol. The molecule has 0 aliphatic heterocycles. The number of azo groups is 2. The SMILES string of the molecule is Cc1c(C(N)=O)c(O)n(CCc2ccc(S(=O)(=O)O)cc2)c(=O)c1N=Nc1ccc(N=Nc2cccc(P(=O)(O)O)c2)cc1S(=O)(=O)O.[Na].[Na].[Na].[Na]. The molecule has 25 heteroatoms. The molecule has 0 aliphatic carbocycles. The van der Waals surface area contributed by atoms with Crippen molar-refractivity contribution in [3.63, 3.8) is 0 Å². The van der Waals surface area contributed by atoms with Crippen LogP contribution in [0.2, 0.25) is 0 Å². The van der Waals surface area contributed by atoms with Crippen molar-refractivity contribution in [3.8, 4) is 5.88 Å². The van der Waals surface area contributed by atoms with Crippen molar-refractivity contribution in [1.29, 1.82) is 0 Å². The summed E-state index contributed by atoms with van der Waals surface area (Å²) in [5, 5.41) is 25.7. The fourth-order valence-electron chi connectivity index (χ4n) is 4.30. The quantitative estimate of drug-likeness (QED) is 0.0547. The first-order chi connectivity index (χ1) is 22.3. The molecular formula is C27H25N6Na4O12PS2. The number of aromatic hydroxyl groups is 1. The number of amides is 1. The van der Waals surface area contributed by atoms with Gasteiger partial charge in [0.1, 0.15) is 16.1 Å². The Morgan fingerprint density at radius 1 is 0.827 bits per heavy atom. The minimum Gasteiger partial charge on any atom is -0.494 e. The number of benzene rings is 3. The van der Waals surface area contributed by atoms with E-state index in [9.17, 15) is 50.4 Å². The Morgan fingerprint density at radius 3 is 1.92 bits per heavy atom. The summed E-state index contributed by atoms with van der Waals surface area (Å²) in [6.45, 7) is 0.967. The largest absolute Gasteiger partial charge is 0.494 e. The first-order valence-corrected chi connectivity index (χ1v) is 17.7. The van der Waals surface area contributed by atoms with E-state index in [1.807, 2.05) is 0 Å². The van der Waals surface area contributed by atoms with Gasteiger partial charge >= 0.3 is 7.60 Å². The maximum Gasteiger partial charge on any atom is 0.356 e. The zero-order valence-corrected chi connectivity index (χ0v) is 39.0. The third kappa shape index (κ3) is 13.1. The Kier molecular flexibility index (Phi) is 20.4. The first kappa shape index (κ1) is 51.0. The number of hydrogen-bond donors (Lipinski definition) is 6. The van der Waals surface area contributed by atoms with E-state index >= 15 is 0 Å². The molecule has 4 rings (SSSR count). The standard InChI is InChI=1S/C27H25N6O12PS2.4Na/c1-15-23(25(28)34)26(35)33(12-11-16-5-8-20(9-6-16)47(40,41)42)27(36)24(15)32-31-21-10-7-18(14-22(21)48(43,44)45)30-29-17-3-2-4-19(13-17)46(37,38)39;;;;/h2-10,13-14,35H,11-12H2,1H3,(H2,28,34)(H2,37,38,39)(H,40,41,42)(H,43,44,45);;;;. The predicted molar refractivity (Wildman–Crippen MR) is 191 cm³/mol. The molecule has 0 aliphatic rings. The van der Waals surface area contributed by atoms with Crippen molar-refractivity contribution in [2.45, 2.75) is 29.7 Å². The average molecular weight is 813 g/mol. The summed E-state index contributed by atoms with van der Waals surface area (Å²) in [6, 6.07) is 13.1. The number of nitrogens with two attached hydrogens (primary N) is 1. The van der Waals surface area contributed by atoms with Crippen LogP contribution in [0.15, 0.2) is 102 Å². The molecule has 0 saturated heterocycles. The summed E-state index contributed by atoms with van der Waals surface area (Å²) in [5.41, 5.74) is 3.16. The van der Waals surface area contributed by atoms with Crippen molar-refractivity contribution < 1.29 is 50.2 Å². The Labute approximate surface area is 385 Å². The van der Waals surface area contributed by atoms with Gasteiger partial charge in [-0.1, -0.05) is 18.2 Å². The number of primary amides is 1. The molecule has 0 spiro atoms. The van der Waals surface area contributed by atoms with Gasteiger partial charge in [-0.3, -0.25) is 27.8 Å². The maximum absolute atomic E-state index is 13.4. The molecule has 256 valence electrons. The van der Waals surface area contributed by atoms with Gasteiger partial charge in [-0.2, -0.15) is 27.1 Å². The molecule has 1 amide bonds. The number of hydrogen-bond acceptors (Lipinski definition) is 12. The number of rotatable bonds is 11. The van der Waals surface area contributed by atoms with Crippen molar-refractivity contribution in [2.75, 3.05) is 0 Å². The van der Waals surface area contributed by atoms with Gasteiger partial charge in [-0.05, 0) is 67.4 Å². The van der Waals surface area contributed by atoms with Gasteiger partial charge in [0, 0.05) is 130 Å². The molecule has 1 heterocycles. The molecule has 4 aromatic rings. The zero-order valence-electron chi connectivity index (χ0n) is 28.4. The summed E-state index contributed by atoms with van der Waals surface area (Å²) < 4.78 is 78.3. The number of aromatic nitrogens is 1. The van der Waals surface area contributed by atoms with E-state index in [-0.39, 0.29) is 158 Å². The molecule has 0 atom stereocenters. The van der Waals surface area contributed by atoms with Crippen LogP contribution in [0, 0.1) is 6.92 Å². The van der Waals surface area contributed by atoms with Crippen LogP contribution in [0.4, 0.5) is 22.7 Å². The molecule has 0 unspecified atom stereocenters. The van der Waals surface area contributed by atoms with Crippen molar-refractivity contribution in [1.82, 2.24) is 4.57 Å². The van der Waals surface area contributed by atoms with Crippen LogP contribution in [0.5, 0.6) is 5.88 Å². The van der Waals surface area contributed by atoms with Gasteiger partial charge in [0.15, 0.2) is 5.69 Å². The Hall–Kier alpha value is -0.950. The second kappa shape index (κ2) is 20.8. The zero-order chi connectivity index (χ0) is 35.6. The molecule has 0 bridgehead atoms. The number of nitrogens with zero attached hydrogens (tertiary/aromatic N) is 5. The van der Waals surface area contributed by atoms with Crippen LogP contribution in [0.1, 0.15) is 21.5 Å². The Balaban J connectivity index is 0.00000650. The molecular weight excluding hydrogens is 787 g/mol. The number of pyridine rings is 1. The summed E-state index contributed by atoms with van der Waals surface area (Å²) in [7, 11) is -14.0. The average Bonchev–Trinajstić information content (AvgIpc) is 2.99. The molecule has 0 saturated carbocycles. The fourth-order valence-corrected chi connectivity index (χ4v) is 6.01. The summed E-state index contributed by atoms with van der Waals surface area (Å²) >= 11 is 0. The molecule has 1 aromatic heterocycles. The van der Waals surface area contributed by atoms with Gasteiger partial charge in [0.05, 0.1) is 21.6 Å². The van der Waals surface area contributed by atoms with Crippen LogP contribution in [-0.4, -0.2) is 170 Å². The normalized spacial score (nSPS) is 11.6. The van der Waals surface area contributed by atoms with Crippen LogP contribution < -0.4 is 16.6 Å². The van der Waals surface area contributed by atoms with E-state index < -0.39 is 67.0 Å². The van der Waals surface area contributed by atoms with Gasteiger partial charge in [0.25, 0.3) is 31.7 Å². The first-order valence-electron chi connectivity index (χ1n) is 13.2. The van der Waals surface area contributed by atoms with E-state index in [1.54, 1.807) is 0 Å². The van der Waals surface area contributed by atoms with Crippen LogP contribution in [0.3, 0.4) is 0 Å². The van der Waals surface area contributed by atoms with Crippen LogP contribution in [-0.2, 0) is 37.8 Å². The predicted octanol–water partition coefficient (Wildman–Crippen LogP) is 1.81. The minimum absolute atomic E-state index is 0. The van der Waals surface area contributed by atoms with Gasteiger partial charge in [-0.25, -0.2) is 0 Å². The molecule has 0 fully saturated rings. The number of carbonyl (C=O) groups is 1. The Bertz CT molecular complexity index is 2340. The van der Waals surface area contributed by atoms with Crippen molar-refractivity contribution in [2.24, 2.45) is 26.2 Å². The second-order valence-corrected chi connectivity index (χ2v) is 14.4. The summed E-state index contributed by atoms with van der Waals surface area (Å²) in [5.74, 6) is -1.93. The molecule has 4 radical (unpaired) electrons. The van der Waals surface area contributed by atoms with Gasteiger partial charge < -0.3 is 20.6 Å². The molecule has 7 N–H and O–H groups in total. The summed E-state index contributed by atoms with van der Waals surface area (Å²) in [6.07, 6.45) is 0.0175. The molecule has 3 aromatic carbocycles. The molecule has 52 heavy (non-hydrogen) atoms. The Morgan fingerprint density at radius 2 is 1.40 bits per heavy atom. The van der Waals surface area contributed by atoms with E-state index in [0.29, 0.717) is 5.56 Å². The van der Waals surface area contributed by atoms with E-state index in [1.165, 1.54) is 43.3 Å². The van der Waals surface area contributed by atoms with E-state index in [4.69, 9.17) is 10.3 Å². The number of aryl methyl sites for hydroxylation is 1. The summed E-state index contributed by atoms with van der Waals surface area (Å²) in [4.78, 5) is 43.1. The van der Waals surface area contributed by atoms with Crippen LogP contribution in [0.25, 0.3) is 0 Å². The third-order valence-corrected chi connectivity index (χ3v) is 9.38. The number of carbonyl (C=O) groups excluding carboxylic acids is 1. The second-order valence-electron chi connectivity index (χ2n) is 9.95. The van der Waals surface area contributed by atoms with Crippen molar-refractivity contribution in [3.05, 3.63) is 93.8 Å². The van der Waals surface area contributed by atoms with Gasteiger partial charge in [-0.15, -0.1) is 10.2 Å². The van der Waals surface area contributed by atoms with Crippen LogP contribution >= 0.6 is 7.60 Å². The smallest absolute Gasteiger partial charge is 0.356 e. The van der Waals surface area contributed by atoms with Gasteiger partial charge in [0.2, 0.25) is 5.88 Å². The third-order valence-electron chi connectivity index (χ3n) is 6.67.